The number of aromatic hydroxyl groups is 1. The third kappa shape index (κ3) is 10.3. The van der Waals surface area contributed by atoms with E-state index in [1.807, 2.05) is 0 Å². The fourth-order valence-corrected chi connectivity index (χ4v) is 3.14. The van der Waals surface area contributed by atoms with Gasteiger partial charge in [-0.15, -0.1) is 0 Å². The fourth-order valence-electron chi connectivity index (χ4n) is 3.14. The molecule has 0 radical (unpaired) electrons. The van der Waals surface area contributed by atoms with Crippen LogP contribution in [0.3, 0.4) is 0 Å². The number of hydrogen-bond acceptors (Lipinski definition) is 8. The number of aliphatic carboxylic acids is 1. The summed E-state index contributed by atoms with van der Waals surface area (Å²) in [7, 11) is 0. The van der Waals surface area contributed by atoms with Crippen LogP contribution in [-0.4, -0.2) is 76.3 Å². The van der Waals surface area contributed by atoms with Gasteiger partial charge in [0, 0.05) is 6.42 Å². The van der Waals surface area contributed by atoms with E-state index >= 15 is 0 Å². The molecular formula is C23H37N5O7. The molecule has 35 heavy (non-hydrogen) atoms. The molecule has 4 atom stereocenters. The lowest BCUT2D eigenvalue weighted by Gasteiger charge is -2.25. The van der Waals surface area contributed by atoms with E-state index < -0.39 is 54.5 Å². The number of phenols is 1. The molecule has 0 aliphatic heterocycles. The van der Waals surface area contributed by atoms with E-state index in [2.05, 4.69) is 16.0 Å². The van der Waals surface area contributed by atoms with Crippen molar-refractivity contribution in [1.82, 2.24) is 16.0 Å². The second-order valence-electron chi connectivity index (χ2n) is 8.63. The van der Waals surface area contributed by atoms with Crippen molar-refractivity contribution in [1.29, 1.82) is 0 Å². The normalized spacial score (nSPS) is 14.5. The van der Waals surface area contributed by atoms with Crippen molar-refractivity contribution < 1.29 is 34.5 Å². The van der Waals surface area contributed by atoms with Crippen molar-refractivity contribution in [3.8, 4) is 5.75 Å². The van der Waals surface area contributed by atoms with E-state index in [9.17, 15) is 29.4 Å². The van der Waals surface area contributed by atoms with Gasteiger partial charge in [-0.1, -0.05) is 26.0 Å². The van der Waals surface area contributed by atoms with Gasteiger partial charge in [0.25, 0.3) is 0 Å². The van der Waals surface area contributed by atoms with E-state index in [4.69, 9.17) is 16.6 Å². The number of aliphatic hydroxyl groups is 1. The SMILES string of the molecule is CC(C)C(N)C(=O)NC(CCCCN)C(=O)NC(Cc1ccc(O)cc1)C(=O)NC(CO)C(=O)O. The summed E-state index contributed by atoms with van der Waals surface area (Å²) in [6.45, 7) is 3.10. The second kappa shape index (κ2) is 14.9. The first-order chi connectivity index (χ1) is 16.5. The highest BCUT2D eigenvalue weighted by atomic mass is 16.4. The van der Waals surface area contributed by atoms with Crippen LogP contribution in [0.2, 0.25) is 0 Å². The smallest absolute Gasteiger partial charge is 0.328 e. The molecule has 1 aromatic carbocycles. The van der Waals surface area contributed by atoms with E-state index in [0.29, 0.717) is 24.9 Å². The van der Waals surface area contributed by atoms with Gasteiger partial charge in [-0.25, -0.2) is 4.79 Å². The monoisotopic (exact) mass is 495 g/mol. The molecule has 0 saturated carbocycles. The maximum Gasteiger partial charge on any atom is 0.328 e. The van der Waals surface area contributed by atoms with Crippen LogP contribution >= 0.6 is 0 Å². The van der Waals surface area contributed by atoms with Crippen LogP contribution in [-0.2, 0) is 25.6 Å². The van der Waals surface area contributed by atoms with E-state index in [1.165, 1.54) is 12.1 Å². The Morgan fingerprint density at radius 1 is 0.886 bits per heavy atom. The fraction of sp³-hybridized carbons (Fsp3) is 0.565. The van der Waals surface area contributed by atoms with Gasteiger partial charge in [0.2, 0.25) is 17.7 Å². The number of nitrogens with two attached hydrogens (primary N) is 2. The number of rotatable bonds is 15. The van der Waals surface area contributed by atoms with E-state index in [-0.39, 0.29) is 24.5 Å². The largest absolute Gasteiger partial charge is 0.508 e. The Balaban J connectivity index is 3.11. The van der Waals surface area contributed by atoms with Crippen LogP contribution in [0, 0.1) is 5.92 Å². The molecule has 1 rings (SSSR count). The van der Waals surface area contributed by atoms with Gasteiger partial charge in [0.1, 0.15) is 23.9 Å². The average molecular weight is 496 g/mol. The molecule has 0 aliphatic carbocycles. The predicted octanol–water partition coefficient (Wildman–Crippen LogP) is -1.42. The van der Waals surface area contributed by atoms with Gasteiger partial charge in [0.15, 0.2) is 0 Å². The summed E-state index contributed by atoms with van der Waals surface area (Å²) in [5.41, 5.74) is 12.0. The highest BCUT2D eigenvalue weighted by Gasteiger charge is 2.30. The summed E-state index contributed by atoms with van der Waals surface area (Å²) in [4.78, 5) is 49.7. The third-order valence-electron chi connectivity index (χ3n) is 5.41. The molecule has 196 valence electrons. The topological polar surface area (TPSA) is 217 Å². The third-order valence-corrected chi connectivity index (χ3v) is 5.41. The molecule has 0 spiro atoms. The number of carbonyl (C=O) groups is 4. The maximum absolute atomic E-state index is 13.1. The zero-order valence-electron chi connectivity index (χ0n) is 20.1. The van der Waals surface area contributed by atoms with Gasteiger partial charge in [-0.05, 0) is 49.4 Å². The minimum absolute atomic E-state index is 0.00850. The number of unbranched alkanes of at least 4 members (excludes halogenated alkanes) is 1. The minimum Gasteiger partial charge on any atom is -0.508 e. The number of carbonyl (C=O) groups excluding carboxylic acids is 3. The first kappa shape index (κ1) is 29.8. The molecule has 0 aromatic heterocycles. The lowest BCUT2D eigenvalue weighted by molar-refractivity contribution is -0.143. The molecule has 0 bridgehead atoms. The number of amides is 3. The number of hydrogen-bond donors (Lipinski definition) is 8. The van der Waals surface area contributed by atoms with Crippen molar-refractivity contribution in [3.63, 3.8) is 0 Å². The average Bonchev–Trinajstić information content (AvgIpc) is 2.81. The van der Waals surface area contributed by atoms with Crippen LogP contribution in [0.15, 0.2) is 24.3 Å². The highest BCUT2D eigenvalue weighted by Crippen LogP contribution is 2.12. The summed E-state index contributed by atoms with van der Waals surface area (Å²) in [5, 5.41) is 35.3. The maximum atomic E-state index is 13.1. The first-order valence-electron chi connectivity index (χ1n) is 11.5. The summed E-state index contributed by atoms with van der Waals surface area (Å²) < 4.78 is 0. The Labute approximate surface area is 204 Å². The van der Waals surface area contributed by atoms with Gasteiger partial charge < -0.3 is 42.7 Å². The Bertz CT molecular complexity index is 847. The van der Waals surface area contributed by atoms with Crippen LogP contribution in [0.25, 0.3) is 0 Å². The Morgan fingerprint density at radius 3 is 1.94 bits per heavy atom. The van der Waals surface area contributed by atoms with Gasteiger partial charge >= 0.3 is 5.97 Å². The predicted molar refractivity (Wildman–Crippen MR) is 128 cm³/mol. The molecule has 4 unspecified atom stereocenters. The summed E-state index contributed by atoms with van der Waals surface area (Å²) in [6.07, 6.45) is 1.36. The van der Waals surface area contributed by atoms with Crippen molar-refractivity contribution in [3.05, 3.63) is 29.8 Å². The Hall–Kier alpha value is -3.22. The lowest BCUT2D eigenvalue weighted by Crippen LogP contribution is -2.58. The van der Waals surface area contributed by atoms with Gasteiger partial charge in [-0.2, -0.15) is 0 Å². The number of aliphatic hydroxyl groups excluding tert-OH is 1. The zero-order valence-corrected chi connectivity index (χ0v) is 20.1. The van der Waals surface area contributed by atoms with Gasteiger partial charge in [0.05, 0.1) is 12.6 Å². The quantitative estimate of drug-likeness (QED) is 0.134. The number of carboxylic acid groups (broad SMARTS) is 1. The van der Waals surface area contributed by atoms with Crippen molar-refractivity contribution in [2.75, 3.05) is 13.2 Å². The number of phenolic OH excluding ortho intramolecular Hbond substituents is 1. The second-order valence-corrected chi connectivity index (χ2v) is 8.63. The Kier molecular flexibility index (Phi) is 12.7. The standard InChI is InChI=1S/C23H37N5O7/c1-13(2)19(25)22(33)26-16(5-3-4-10-24)20(31)27-17(11-14-6-8-15(30)9-7-14)21(32)28-18(12-29)23(34)35/h6-9,13,16-19,29-30H,3-5,10-12,24-25H2,1-2H3,(H,26,33)(H,27,31)(H,28,32)(H,34,35). The number of benzene rings is 1. The molecule has 0 heterocycles. The van der Waals surface area contributed by atoms with E-state index in [1.54, 1.807) is 26.0 Å². The van der Waals surface area contributed by atoms with E-state index in [0.717, 1.165) is 0 Å². The molecule has 0 saturated heterocycles. The molecule has 0 aliphatic rings. The van der Waals surface area contributed by atoms with Crippen LogP contribution in [0.1, 0.15) is 38.7 Å². The molecule has 10 N–H and O–H groups in total. The van der Waals surface area contributed by atoms with Crippen LogP contribution in [0.5, 0.6) is 5.75 Å². The summed E-state index contributed by atoms with van der Waals surface area (Å²) in [6, 6.07) is 1.28. The van der Waals surface area contributed by atoms with Gasteiger partial charge in [-0.3, -0.25) is 14.4 Å². The van der Waals surface area contributed by atoms with Crippen LogP contribution < -0.4 is 27.4 Å². The minimum atomic E-state index is -1.56. The number of carboxylic acids is 1. The first-order valence-corrected chi connectivity index (χ1v) is 11.5. The summed E-state index contributed by atoms with van der Waals surface area (Å²) >= 11 is 0. The molecule has 0 fully saturated rings. The molecule has 3 amide bonds. The molecule has 12 nitrogen and oxygen atoms in total. The lowest BCUT2D eigenvalue weighted by atomic mass is 10.0. The zero-order chi connectivity index (χ0) is 26.5. The molecule has 1 aromatic rings. The van der Waals surface area contributed by atoms with Crippen molar-refractivity contribution >= 4 is 23.7 Å². The highest BCUT2D eigenvalue weighted by molar-refractivity contribution is 5.94. The summed E-state index contributed by atoms with van der Waals surface area (Å²) in [5.74, 6) is -3.60. The van der Waals surface area contributed by atoms with Crippen LogP contribution in [0.4, 0.5) is 0 Å². The number of nitrogens with one attached hydrogen (secondary N) is 3. The molecular weight excluding hydrogens is 458 g/mol. The van der Waals surface area contributed by atoms with Crippen molar-refractivity contribution in [2.24, 2.45) is 17.4 Å². The molecule has 12 heteroatoms. The van der Waals surface area contributed by atoms with Crippen molar-refractivity contribution in [2.45, 2.75) is 63.7 Å². The Morgan fingerprint density at radius 2 is 1.43 bits per heavy atom.